The smallest absolute Gasteiger partial charge is 0.248 e. The van der Waals surface area contributed by atoms with Gasteiger partial charge in [0.2, 0.25) is 17.7 Å². The van der Waals surface area contributed by atoms with Crippen LogP contribution >= 0.6 is 0 Å². The number of allylic oxidation sites excluding steroid dienone is 2. The summed E-state index contributed by atoms with van der Waals surface area (Å²) in [7, 11) is 0. The summed E-state index contributed by atoms with van der Waals surface area (Å²) in [6.07, 6.45) is 6.91. The van der Waals surface area contributed by atoms with Crippen molar-refractivity contribution in [3.05, 3.63) is 48.0 Å². The van der Waals surface area contributed by atoms with Gasteiger partial charge in [-0.3, -0.25) is 14.4 Å². The summed E-state index contributed by atoms with van der Waals surface area (Å²) in [5.74, 6) is -0.202. The minimum absolute atomic E-state index is 0.0151. The molecule has 0 spiro atoms. The Bertz CT molecular complexity index is 822. The number of ether oxygens (including phenoxy) is 1. The number of hydrogen-bond acceptors (Lipinski definition) is 4. The van der Waals surface area contributed by atoms with Crippen LogP contribution in [-0.2, 0) is 25.5 Å². The number of amides is 3. The molecule has 1 aromatic rings. The minimum atomic E-state index is -0.394. The van der Waals surface area contributed by atoms with E-state index in [9.17, 15) is 14.4 Å². The third-order valence-corrected chi connectivity index (χ3v) is 6.53. The Hall–Kier alpha value is -2.67. The lowest BCUT2D eigenvalue weighted by Gasteiger charge is -2.28. The lowest BCUT2D eigenvalue weighted by molar-refractivity contribution is -0.142. The Morgan fingerprint density at radius 3 is 2.52 bits per heavy atom. The van der Waals surface area contributed by atoms with Crippen molar-refractivity contribution in [1.29, 1.82) is 0 Å². The van der Waals surface area contributed by atoms with E-state index >= 15 is 0 Å². The highest BCUT2D eigenvalue weighted by Gasteiger charge is 2.34. The third-order valence-electron chi connectivity index (χ3n) is 6.53. The van der Waals surface area contributed by atoms with E-state index in [1.165, 1.54) is 0 Å². The Kier molecular flexibility index (Phi) is 9.48. The quantitative estimate of drug-likeness (QED) is 0.537. The monoisotopic (exact) mass is 455 g/mol. The van der Waals surface area contributed by atoms with E-state index in [-0.39, 0.29) is 36.8 Å². The van der Waals surface area contributed by atoms with Crippen molar-refractivity contribution in [2.45, 2.75) is 45.6 Å². The molecule has 3 amide bonds. The van der Waals surface area contributed by atoms with E-state index in [0.717, 1.165) is 24.8 Å². The summed E-state index contributed by atoms with van der Waals surface area (Å²) < 4.78 is 6.01. The van der Waals surface area contributed by atoms with E-state index in [0.29, 0.717) is 39.1 Å². The Morgan fingerprint density at radius 2 is 1.85 bits per heavy atom. The molecule has 2 atom stereocenters. The molecule has 0 unspecified atom stereocenters. The van der Waals surface area contributed by atoms with E-state index in [1.54, 1.807) is 14.7 Å². The first kappa shape index (κ1) is 25.0. The van der Waals surface area contributed by atoms with Crippen molar-refractivity contribution < 1.29 is 19.1 Å². The van der Waals surface area contributed by atoms with Crippen molar-refractivity contribution in [2.24, 2.45) is 5.92 Å². The molecule has 1 aliphatic heterocycles. The first-order valence-electron chi connectivity index (χ1n) is 12.2. The maximum Gasteiger partial charge on any atom is 0.248 e. The zero-order chi connectivity index (χ0) is 23.6. The van der Waals surface area contributed by atoms with Gasteiger partial charge in [0.1, 0.15) is 6.61 Å². The van der Waals surface area contributed by atoms with Gasteiger partial charge in [-0.15, -0.1) is 0 Å². The SMILES string of the molecule is CCN(CC)C(=O)CO[C@@H]1CN(CCc2ccccc2)C(=O)CN(C(=O)[C@@H]2CC=CCC2)C1. The van der Waals surface area contributed by atoms with E-state index in [1.807, 2.05) is 44.2 Å². The molecule has 1 saturated heterocycles. The summed E-state index contributed by atoms with van der Waals surface area (Å²) in [4.78, 5) is 44.0. The number of carbonyl (C=O) groups excluding carboxylic acids is 3. The largest absolute Gasteiger partial charge is 0.365 e. The lowest BCUT2D eigenvalue weighted by atomic mass is 9.93. The molecular formula is C26H37N3O4. The number of benzene rings is 1. The van der Waals surface area contributed by atoms with E-state index in [4.69, 9.17) is 4.74 Å². The molecule has 0 N–H and O–H groups in total. The van der Waals surface area contributed by atoms with Gasteiger partial charge in [-0.05, 0) is 45.1 Å². The van der Waals surface area contributed by atoms with Crippen molar-refractivity contribution in [1.82, 2.24) is 14.7 Å². The van der Waals surface area contributed by atoms with Crippen LogP contribution in [0.3, 0.4) is 0 Å². The van der Waals surface area contributed by atoms with Gasteiger partial charge in [0.15, 0.2) is 0 Å². The standard InChI is InChI=1S/C26H37N3O4/c1-3-27(4-2)25(31)20-33-23-17-28(16-15-21-11-7-5-8-12-21)24(30)19-29(18-23)26(32)22-13-9-6-10-14-22/h5-9,11-12,22-23H,3-4,10,13-20H2,1-2H3/t22-,23-/m1/s1. The molecule has 0 aromatic heterocycles. The number of carbonyl (C=O) groups is 3. The van der Waals surface area contributed by atoms with Crippen molar-refractivity contribution >= 4 is 17.7 Å². The van der Waals surface area contributed by atoms with Crippen LogP contribution in [-0.4, -0.2) is 84.4 Å². The molecule has 1 aliphatic carbocycles. The van der Waals surface area contributed by atoms with Crippen LogP contribution in [0.2, 0.25) is 0 Å². The normalized spacial score (nSPS) is 21.1. The van der Waals surface area contributed by atoms with Gasteiger partial charge >= 0.3 is 0 Å². The first-order valence-corrected chi connectivity index (χ1v) is 12.2. The summed E-state index contributed by atoms with van der Waals surface area (Å²) in [6, 6.07) is 10.0. The molecule has 33 heavy (non-hydrogen) atoms. The number of nitrogens with zero attached hydrogens (tertiary/aromatic N) is 3. The van der Waals surface area contributed by atoms with Gasteiger partial charge in [0, 0.05) is 38.6 Å². The molecule has 7 heteroatoms. The molecule has 1 aromatic carbocycles. The predicted octanol–water partition coefficient (Wildman–Crippen LogP) is 2.51. The van der Waals surface area contributed by atoms with Crippen LogP contribution in [0.25, 0.3) is 0 Å². The van der Waals surface area contributed by atoms with Gasteiger partial charge < -0.3 is 19.4 Å². The second kappa shape index (κ2) is 12.5. The van der Waals surface area contributed by atoms with E-state index < -0.39 is 6.10 Å². The zero-order valence-corrected chi connectivity index (χ0v) is 19.9. The zero-order valence-electron chi connectivity index (χ0n) is 19.9. The van der Waals surface area contributed by atoms with E-state index in [2.05, 4.69) is 12.2 Å². The molecule has 180 valence electrons. The third kappa shape index (κ3) is 7.16. The molecule has 0 saturated carbocycles. The van der Waals surface area contributed by atoms with Gasteiger partial charge in [-0.1, -0.05) is 42.5 Å². The fourth-order valence-electron chi connectivity index (χ4n) is 4.51. The summed E-state index contributed by atoms with van der Waals surface area (Å²) >= 11 is 0. The van der Waals surface area contributed by atoms with Crippen LogP contribution < -0.4 is 0 Å². The molecular weight excluding hydrogens is 418 g/mol. The van der Waals surface area contributed by atoms with Gasteiger partial charge in [0.25, 0.3) is 0 Å². The Morgan fingerprint density at radius 1 is 1.09 bits per heavy atom. The minimum Gasteiger partial charge on any atom is -0.365 e. The van der Waals surface area contributed by atoms with Crippen LogP contribution in [0.15, 0.2) is 42.5 Å². The summed E-state index contributed by atoms with van der Waals surface area (Å²) in [5, 5.41) is 0. The van der Waals surface area contributed by atoms with Crippen molar-refractivity contribution in [3.63, 3.8) is 0 Å². The average molecular weight is 456 g/mol. The predicted molar refractivity (Wildman–Crippen MR) is 127 cm³/mol. The Labute approximate surface area is 197 Å². The second-order valence-electron chi connectivity index (χ2n) is 8.77. The molecule has 2 aliphatic rings. The molecule has 7 nitrogen and oxygen atoms in total. The summed E-state index contributed by atoms with van der Waals surface area (Å²) in [5.41, 5.74) is 1.16. The summed E-state index contributed by atoms with van der Waals surface area (Å²) in [6.45, 7) is 6.44. The van der Waals surface area contributed by atoms with Crippen molar-refractivity contribution in [2.75, 3.05) is 45.9 Å². The highest BCUT2D eigenvalue weighted by Crippen LogP contribution is 2.22. The highest BCUT2D eigenvalue weighted by atomic mass is 16.5. The van der Waals surface area contributed by atoms with Crippen LogP contribution in [0.4, 0.5) is 0 Å². The maximum absolute atomic E-state index is 13.2. The molecule has 1 heterocycles. The van der Waals surface area contributed by atoms with Crippen molar-refractivity contribution in [3.8, 4) is 0 Å². The highest BCUT2D eigenvalue weighted by molar-refractivity contribution is 5.86. The second-order valence-corrected chi connectivity index (χ2v) is 8.77. The average Bonchev–Trinajstić information content (AvgIpc) is 3.01. The van der Waals surface area contributed by atoms with Gasteiger partial charge in [-0.25, -0.2) is 0 Å². The Balaban J connectivity index is 1.69. The fourth-order valence-corrected chi connectivity index (χ4v) is 4.51. The fraction of sp³-hybridized carbons (Fsp3) is 0.577. The first-order chi connectivity index (χ1) is 16.0. The van der Waals surface area contributed by atoms with Crippen LogP contribution in [0.5, 0.6) is 0 Å². The molecule has 0 bridgehead atoms. The topological polar surface area (TPSA) is 70.2 Å². The van der Waals surface area contributed by atoms with Crippen LogP contribution in [0, 0.1) is 5.92 Å². The molecule has 1 fully saturated rings. The van der Waals surface area contributed by atoms with Gasteiger partial charge in [-0.2, -0.15) is 0 Å². The number of likely N-dealkylation sites (N-methyl/N-ethyl adjacent to an activating group) is 1. The molecule has 0 radical (unpaired) electrons. The maximum atomic E-state index is 13.2. The van der Waals surface area contributed by atoms with Crippen LogP contribution in [0.1, 0.15) is 38.7 Å². The van der Waals surface area contributed by atoms with Gasteiger partial charge in [0.05, 0.1) is 12.6 Å². The number of hydrogen-bond donors (Lipinski definition) is 0. The number of rotatable bonds is 9. The lowest BCUT2D eigenvalue weighted by Crippen LogP contribution is -2.43. The molecule has 3 rings (SSSR count).